The van der Waals surface area contributed by atoms with Gasteiger partial charge in [-0.15, -0.1) is 11.3 Å². The molecule has 0 aliphatic heterocycles. The number of hydrogen-bond acceptors (Lipinski definition) is 6. The molecule has 2 rings (SSSR count). The van der Waals surface area contributed by atoms with Crippen LogP contribution in [-0.4, -0.2) is 17.0 Å². The van der Waals surface area contributed by atoms with Gasteiger partial charge in [-0.2, -0.15) is 0 Å². The van der Waals surface area contributed by atoms with Crippen molar-refractivity contribution >= 4 is 44.6 Å². The zero-order valence-corrected chi connectivity index (χ0v) is 12.4. The standard InChI is InChI=1S/C11H11BrN4O2S/c1-13-10-4-7(16(17)18)5-11(15-10)14-6-9-8(12)2-3-19-9/h2-5H,6H2,1H3,(H2,13,14,15). The van der Waals surface area contributed by atoms with Crippen LogP contribution in [0.2, 0.25) is 0 Å². The molecule has 0 radical (unpaired) electrons. The lowest BCUT2D eigenvalue weighted by atomic mass is 10.3. The number of aromatic nitrogens is 1. The Kier molecular flexibility index (Phi) is 4.33. The van der Waals surface area contributed by atoms with Crippen LogP contribution in [-0.2, 0) is 6.54 Å². The summed E-state index contributed by atoms with van der Waals surface area (Å²) >= 11 is 5.04. The topological polar surface area (TPSA) is 80.1 Å². The van der Waals surface area contributed by atoms with E-state index in [1.165, 1.54) is 12.1 Å². The molecule has 0 bridgehead atoms. The van der Waals surface area contributed by atoms with Gasteiger partial charge in [0.1, 0.15) is 11.6 Å². The molecule has 0 atom stereocenters. The minimum absolute atomic E-state index is 0.00657. The molecule has 0 unspecified atom stereocenters. The molecule has 0 saturated heterocycles. The minimum Gasteiger partial charge on any atom is -0.373 e. The van der Waals surface area contributed by atoms with E-state index in [0.29, 0.717) is 18.2 Å². The van der Waals surface area contributed by atoms with Crippen molar-refractivity contribution in [2.24, 2.45) is 0 Å². The molecule has 0 aromatic carbocycles. The molecule has 2 aromatic heterocycles. The Bertz CT molecular complexity index is 602. The fourth-order valence-corrected chi connectivity index (χ4v) is 2.89. The SMILES string of the molecule is CNc1cc([N+](=O)[O-])cc(NCc2sccc2Br)n1. The fraction of sp³-hybridized carbons (Fsp3) is 0.182. The van der Waals surface area contributed by atoms with Crippen molar-refractivity contribution in [3.05, 3.63) is 43.0 Å². The van der Waals surface area contributed by atoms with Gasteiger partial charge in [0.2, 0.25) is 0 Å². The van der Waals surface area contributed by atoms with E-state index >= 15 is 0 Å². The third-order valence-electron chi connectivity index (χ3n) is 2.40. The van der Waals surface area contributed by atoms with Crippen LogP contribution in [0.3, 0.4) is 0 Å². The van der Waals surface area contributed by atoms with E-state index in [4.69, 9.17) is 0 Å². The molecule has 0 fully saturated rings. The Morgan fingerprint density at radius 2 is 2.21 bits per heavy atom. The van der Waals surface area contributed by atoms with Gasteiger partial charge < -0.3 is 10.6 Å². The van der Waals surface area contributed by atoms with Crippen molar-refractivity contribution in [3.8, 4) is 0 Å². The van der Waals surface area contributed by atoms with Crippen molar-refractivity contribution in [1.82, 2.24) is 4.98 Å². The Labute approximate surface area is 122 Å². The number of anilines is 2. The van der Waals surface area contributed by atoms with E-state index in [2.05, 4.69) is 31.5 Å². The lowest BCUT2D eigenvalue weighted by Crippen LogP contribution is -2.03. The number of rotatable bonds is 5. The van der Waals surface area contributed by atoms with Gasteiger partial charge in [-0.05, 0) is 27.4 Å². The molecule has 0 spiro atoms. The zero-order chi connectivity index (χ0) is 13.8. The second-order valence-electron chi connectivity index (χ2n) is 3.65. The van der Waals surface area contributed by atoms with Gasteiger partial charge in [0, 0.05) is 16.4 Å². The van der Waals surface area contributed by atoms with Crippen molar-refractivity contribution in [1.29, 1.82) is 0 Å². The van der Waals surface area contributed by atoms with Gasteiger partial charge in [-0.3, -0.25) is 10.1 Å². The Morgan fingerprint density at radius 1 is 1.47 bits per heavy atom. The second kappa shape index (κ2) is 5.98. The van der Waals surface area contributed by atoms with Crippen LogP contribution in [0, 0.1) is 10.1 Å². The molecule has 8 heteroatoms. The highest BCUT2D eigenvalue weighted by Gasteiger charge is 2.11. The summed E-state index contributed by atoms with van der Waals surface area (Å²) in [5.41, 5.74) is 0.00657. The quantitative estimate of drug-likeness (QED) is 0.642. The lowest BCUT2D eigenvalue weighted by Gasteiger charge is -2.07. The Hall–Kier alpha value is -1.67. The van der Waals surface area contributed by atoms with Crippen LogP contribution in [0.25, 0.3) is 0 Å². The summed E-state index contributed by atoms with van der Waals surface area (Å²) in [5.74, 6) is 0.931. The summed E-state index contributed by atoms with van der Waals surface area (Å²) in [6.07, 6.45) is 0. The summed E-state index contributed by atoms with van der Waals surface area (Å²) in [5, 5.41) is 18.7. The maximum Gasteiger partial charge on any atom is 0.276 e. The van der Waals surface area contributed by atoms with E-state index < -0.39 is 4.92 Å². The smallest absolute Gasteiger partial charge is 0.276 e. The molecule has 19 heavy (non-hydrogen) atoms. The maximum absolute atomic E-state index is 10.8. The number of hydrogen-bond donors (Lipinski definition) is 2. The van der Waals surface area contributed by atoms with Crippen LogP contribution < -0.4 is 10.6 Å². The summed E-state index contributed by atoms with van der Waals surface area (Å²) in [4.78, 5) is 15.7. The van der Waals surface area contributed by atoms with Crippen molar-refractivity contribution in [2.45, 2.75) is 6.54 Å². The van der Waals surface area contributed by atoms with Crippen LogP contribution in [0.4, 0.5) is 17.3 Å². The molecule has 100 valence electrons. The number of pyridine rings is 1. The minimum atomic E-state index is -0.436. The molecule has 2 heterocycles. The van der Waals surface area contributed by atoms with Crippen LogP contribution in [0.1, 0.15) is 4.88 Å². The number of nitro groups is 1. The molecular formula is C11H11BrN4O2S. The third kappa shape index (κ3) is 3.42. The summed E-state index contributed by atoms with van der Waals surface area (Å²) in [7, 11) is 1.67. The first-order valence-corrected chi connectivity index (χ1v) is 7.07. The summed E-state index contributed by atoms with van der Waals surface area (Å²) in [6.45, 7) is 0.565. The largest absolute Gasteiger partial charge is 0.373 e. The van der Waals surface area contributed by atoms with Crippen LogP contribution in [0.5, 0.6) is 0 Å². The van der Waals surface area contributed by atoms with E-state index in [9.17, 15) is 10.1 Å². The second-order valence-corrected chi connectivity index (χ2v) is 5.50. The van der Waals surface area contributed by atoms with Crippen molar-refractivity contribution < 1.29 is 4.92 Å². The highest BCUT2D eigenvalue weighted by molar-refractivity contribution is 9.10. The third-order valence-corrected chi connectivity index (χ3v) is 4.32. The molecule has 2 aromatic rings. The van der Waals surface area contributed by atoms with Crippen molar-refractivity contribution in [3.63, 3.8) is 0 Å². The monoisotopic (exact) mass is 342 g/mol. The highest BCUT2D eigenvalue weighted by atomic mass is 79.9. The molecule has 2 N–H and O–H groups in total. The summed E-state index contributed by atoms with van der Waals surface area (Å²) < 4.78 is 1.02. The van der Waals surface area contributed by atoms with E-state index in [1.807, 2.05) is 11.4 Å². The normalized spacial score (nSPS) is 10.2. The molecule has 0 saturated carbocycles. The Balaban J connectivity index is 2.17. The van der Waals surface area contributed by atoms with Crippen LogP contribution >= 0.6 is 27.3 Å². The molecular weight excluding hydrogens is 332 g/mol. The predicted octanol–water partition coefficient (Wildman–Crippen LogP) is 3.47. The van der Waals surface area contributed by atoms with Gasteiger partial charge in [-0.1, -0.05) is 0 Å². The van der Waals surface area contributed by atoms with Gasteiger partial charge in [-0.25, -0.2) is 4.98 Å². The van der Waals surface area contributed by atoms with E-state index in [-0.39, 0.29) is 5.69 Å². The number of halogens is 1. The Morgan fingerprint density at radius 3 is 2.79 bits per heavy atom. The first kappa shape index (κ1) is 13.8. The average Bonchev–Trinajstić information content (AvgIpc) is 2.81. The lowest BCUT2D eigenvalue weighted by molar-refractivity contribution is -0.384. The highest BCUT2D eigenvalue weighted by Crippen LogP contribution is 2.25. The van der Waals surface area contributed by atoms with Gasteiger partial charge in [0.05, 0.1) is 23.6 Å². The van der Waals surface area contributed by atoms with Gasteiger partial charge in [0.15, 0.2) is 0 Å². The average molecular weight is 343 g/mol. The van der Waals surface area contributed by atoms with Gasteiger partial charge >= 0.3 is 0 Å². The van der Waals surface area contributed by atoms with Crippen LogP contribution in [0.15, 0.2) is 28.1 Å². The van der Waals surface area contributed by atoms with E-state index in [0.717, 1.165) is 9.35 Å². The molecule has 0 amide bonds. The number of thiophene rings is 1. The van der Waals surface area contributed by atoms with Crippen molar-refractivity contribution in [2.75, 3.05) is 17.7 Å². The predicted molar refractivity (Wildman–Crippen MR) is 79.8 cm³/mol. The number of nitrogens with one attached hydrogen (secondary N) is 2. The first-order valence-electron chi connectivity index (χ1n) is 5.40. The first-order chi connectivity index (χ1) is 9.10. The zero-order valence-electron chi connectivity index (χ0n) is 10.0. The molecule has 0 aliphatic rings. The molecule has 0 aliphatic carbocycles. The fourth-order valence-electron chi connectivity index (χ4n) is 1.46. The number of nitrogens with zero attached hydrogens (tertiary/aromatic N) is 2. The summed E-state index contributed by atoms with van der Waals surface area (Å²) in [6, 6.07) is 4.77. The van der Waals surface area contributed by atoms with Gasteiger partial charge in [0.25, 0.3) is 5.69 Å². The van der Waals surface area contributed by atoms with E-state index in [1.54, 1.807) is 18.4 Å². The molecule has 6 nitrogen and oxygen atoms in total. The maximum atomic E-state index is 10.8.